The first-order valence-corrected chi connectivity index (χ1v) is 7.87. The maximum atomic E-state index is 11.3. The van der Waals surface area contributed by atoms with Crippen molar-refractivity contribution in [2.75, 3.05) is 16.7 Å². The van der Waals surface area contributed by atoms with Gasteiger partial charge in [-0.15, -0.1) is 0 Å². The van der Waals surface area contributed by atoms with E-state index in [1.54, 1.807) is 18.2 Å². The maximum Gasteiger partial charge on any atom is 0.229 e. The van der Waals surface area contributed by atoms with E-state index in [9.17, 15) is 8.42 Å². The molecule has 0 aliphatic carbocycles. The normalized spacial score (nSPS) is 11.1. The summed E-state index contributed by atoms with van der Waals surface area (Å²) in [5.74, 6) is 0.402. The number of sulfonamides is 1. The van der Waals surface area contributed by atoms with Crippen LogP contribution < -0.4 is 15.2 Å². The van der Waals surface area contributed by atoms with Gasteiger partial charge in [-0.25, -0.2) is 8.42 Å². The molecule has 5 nitrogen and oxygen atoms in total. The summed E-state index contributed by atoms with van der Waals surface area (Å²) in [4.78, 5) is 0. The molecule has 3 N–H and O–H groups in total. The van der Waals surface area contributed by atoms with E-state index in [0.29, 0.717) is 23.7 Å². The molecule has 2 aromatic rings. The number of hydrogen-bond donors (Lipinski definition) is 2. The summed E-state index contributed by atoms with van der Waals surface area (Å²) in [6.45, 7) is 0.336. The molecule has 2 rings (SSSR count). The molecule has 106 valence electrons. The Morgan fingerprint density at radius 1 is 1.15 bits per heavy atom. The van der Waals surface area contributed by atoms with Gasteiger partial charge < -0.3 is 10.5 Å². The highest BCUT2D eigenvalue weighted by Crippen LogP contribution is 2.28. The number of anilines is 2. The minimum absolute atomic E-state index is 0.336. The number of nitrogens with two attached hydrogens (primary N) is 1. The van der Waals surface area contributed by atoms with Crippen molar-refractivity contribution >= 4 is 21.4 Å². The molecular formula is C14H16N2O3S. The molecule has 0 saturated heterocycles. The van der Waals surface area contributed by atoms with Gasteiger partial charge in [0.2, 0.25) is 10.0 Å². The minimum atomic E-state index is -3.37. The molecule has 0 aliphatic rings. The van der Waals surface area contributed by atoms with Crippen LogP contribution in [0.25, 0.3) is 0 Å². The van der Waals surface area contributed by atoms with Crippen LogP contribution in [0.4, 0.5) is 11.4 Å². The Kier molecular flexibility index (Phi) is 4.14. The van der Waals surface area contributed by atoms with Crippen LogP contribution in [0, 0.1) is 0 Å². The van der Waals surface area contributed by atoms with E-state index in [2.05, 4.69) is 4.72 Å². The second-order valence-electron chi connectivity index (χ2n) is 4.40. The molecule has 0 atom stereocenters. The van der Waals surface area contributed by atoms with E-state index in [-0.39, 0.29) is 0 Å². The highest BCUT2D eigenvalue weighted by atomic mass is 32.2. The zero-order chi connectivity index (χ0) is 14.6. The molecule has 0 fully saturated rings. The van der Waals surface area contributed by atoms with Crippen LogP contribution in [0.2, 0.25) is 0 Å². The van der Waals surface area contributed by atoms with Crippen molar-refractivity contribution in [1.82, 2.24) is 0 Å². The van der Waals surface area contributed by atoms with Gasteiger partial charge in [0.15, 0.2) is 0 Å². The first kappa shape index (κ1) is 14.2. The third-order valence-electron chi connectivity index (χ3n) is 2.54. The van der Waals surface area contributed by atoms with Gasteiger partial charge in [-0.1, -0.05) is 30.3 Å². The summed E-state index contributed by atoms with van der Waals surface area (Å²) >= 11 is 0. The summed E-state index contributed by atoms with van der Waals surface area (Å²) in [5.41, 5.74) is 7.57. The summed E-state index contributed by atoms with van der Waals surface area (Å²) < 4.78 is 30.7. The van der Waals surface area contributed by atoms with Gasteiger partial charge in [-0.2, -0.15) is 0 Å². The molecule has 20 heavy (non-hydrogen) atoms. The zero-order valence-electron chi connectivity index (χ0n) is 11.0. The minimum Gasteiger partial charge on any atom is -0.487 e. The zero-order valence-corrected chi connectivity index (χ0v) is 11.9. The van der Waals surface area contributed by atoms with Crippen LogP contribution in [0.5, 0.6) is 5.75 Å². The fraction of sp³-hybridized carbons (Fsp3) is 0.143. The molecule has 0 heterocycles. The van der Waals surface area contributed by atoms with Crippen LogP contribution in [-0.4, -0.2) is 14.7 Å². The predicted molar refractivity (Wildman–Crippen MR) is 80.1 cm³/mol. The van der Waals surface area contributed by atoms with Crippen molar-refractivity contribution in [3.8, 4) is 5.75 Å². The smallest absolute Gasteiger partial charge is 0.229 e. The lowest BCUT2D eigenvalue weighted by Gasteiger charge is -2.13. The molecule has 2 aromatic carbocycles. The average molecular weight is 292 g/mol. The summed E-state index contributed by atoms with van der Waals surface area (Å²) in [6, 6.07) is 14.4. The largest absolute Gasteiger partial charge is 0.487 e. The number of nitrogens with one attached hydrogen (secondary N) is 1. The van der Waals surface area contributed by atoms with Crippen LogP contribution >= 0.6 is 0 Å². The Labute approximate surface area is 118 Å². The summed E-state index contributed by atoms with van der Waals surface area (Å²) in [6.07, 6.45) is 1.09. The van der Waals surface area contributed by atoms with Crippen molar-refractivity contribution in [1.29, 1.82) is 0 Å². The monoisotopic (exact) mass is 292 g/mol. The SMILES string of the molecule is CS(=O)(=O)Nc1ccc(N)cc1OCc1ccccc1. The van der Waals surface area contributed by atoms with Gasteiger partial charge in [0.25, 0.3) is 0 Å². The van der Waals surface area contributed by atoms with Gasteiger partial charge in [0.1, 0.15) is 12.4 Å². The third kappa shape index (κ3) is 4.17. The Morgan fingerprint density at radius 3 is 2.50 bits per heavy atom. The van der Waals surface area contributed by atoms with Crippen molar-refractivity contribution in [2.45, 2.75) is 6.61 Å². The quantitative estimate of drug-likeness (QED) is 0.828. The third-order valence-corrected chi connectivity index (χ3v) is 3.13. The molecule has 0 unspecified atom stereocenters. The van der Waals surface area contributed by atoms with E-state index in [0.717, 1.165) is 11.8 Å². The summed E-state index contributed by atoms with van der Waals surface area (Å²) in [5, 5.41) is 0. The van der Waals surface area contributed by atoms with Gasteiger partial charge in [0.05, 0.1) is 11.9 Å². The predicted octanol–water partition coefficient (Wildman–Crippen LogP) is 2.22. The van der Waals surface area contributed by atoms with E-state index in [1.165, 1.54) is 0 Å². The van der Waals surface area contributed by atoms with Gasteiger partial charge in [-0.05, 0) is 17.7 Å². The Morgan fingerprint density at radius 2 is 1.85 bits per heavy atom. The van der Waals surface area contributed by atoms with Crippen LogP contribution in [0.15, 0.2) is 48.5 Å². The fourth-order valence-electron chi connectivity index (χ4n) is 1.68. The molecule has 6 heteroatoms. The first-order chi connectivity index (χ1) is 9.44. The second kappa shape index (κ2) is 5.83. The molecule has 0 radical (unpaired) electrons. The lowest BCUT2D eigenvalue weighted by molar-refractivity contribution is 0.308. The maximum absolute atomic E-state index is 11.3. The molecule has 0 spiro atoms. The Hall–Kier alpha value is -2.21. The van der Waals surface area contributed by atoms with Crippen molar-refractivity contribution in [3.05, 3.63) is 54.1 Å². The van der Waals surface area contributed by atoms with Gasteiger partial charge >= 0.3 is 0 Å². The standard InChI is InChI=1S/C14H16N2O3S/c1-20(17,18)16-13-8-7-12(15)9-14(13)19-10-11-5-3-2-4-6-11/h2-9,16H,10,15H2,1H3. The lowest BCUT2D eigenvalue weighted by atomic mass is 10.2. The van der Waals surface area contributed by atoms with E-state index < -0.39 is 10.0 Å². The average Bonchev–Trinajstić information content (AvgIpc) is 2.39. The van der Waals surface area contributed by atoms with Gasteiger partial charge in [-0.3, -0.25) is 4.72 Å². The first-order valence-electron chi connectivity index (χ1n) is 5.98. The van der Waals surface area contributed by atoms with E-state index in [1.807, 2.05) is 30.3 Å². The van der Waals surface area contributed by atoms with Crippen molar-refractivity contribution < 1.29 is 13.2 Å². The topological polar surface area (TPSA) is 81.4 Å². The number of rotatable bonds is 5. The van der Waals surface area contributed by atoms with Crippen LogP contribution in [-0.2, 0) is 16.6 Å². The van der Waals surface area contributed by atoms with Gasteiger partial charge in [0, 0.05) is 11.8 Å². The molecule has 0 bridgehead atoms. The molecular weight excluding hydrogens is 276 g/mol. The summed E-state index contributed by atoms with van der Waals surface area (Å²) in [7, 11) is -3.37. The highest BCUT2D eigenvalue weighted by Gasteiger charge is 2.09. The molecule has 0 saturated carbocycles. The number of hydrogen-bond acceptors (Lipinski definition) is 4. The molecule has 0 aromatic heterocycles. The van der Waals surface area contributed by atoms with Crippen molar-refractivity contribution in [2.24, 2.45) is 0 Å². The molecule has 0 amide bonds. The second-order valence-corrected chi connectivity index (χ2v) is 6.15. The number of nitrogen functional groups attached to an aromatic ring is 1. The number of benzene rings is 2. The van der Waals surface area contributed by atoms with Crippen LogP contribution in [0.3, 0.4) is 0 Å². The Balaban J connectivity index is 2.19. The lowest BCUT2D eigenvalue weighted by Crippen LogP contribution is -2.11. The van der Waals surface area contributed by atoms with Crippen molar-refractivity contribution in [3.63, 3.8) is 0 Å². The fourth-order valence-corrected chi connectivity index (χ4v) is 2.25. The molecule has 0 aliphatic heterocycles. The van der Waals surface area contributed by atoms with E-state index in [4.69, 9.17) is 10.5 Å². The van der Waals surface area contributed by atoms with E-state index >= 15 is 0 Å². The Bertz CT molecular complexity index is 685. The number of ether oxygens (including phenoxy) is 1. The highest BCUT2D eigenvalue weighted by molar-refractivity contribution is 7.92. The van der Waals surface area contributed by atoms with Crippen LogP contribution in [0.1, 0.15) is 5.56 Å².